The Morgan fingerprint density at radius 2 is 1.54 bits per heavy atom. The Balaban J connectivity index is 1.65. The summed E-state index contributed by atoms with van der Waals surface area (Å²) in [6.07, 6.45) is -1.98. The number of carbonyl (C=O) groups is 3. The molecule has 41 heavy (non-hydrogen) atoms. The molecule has 9 heteroatoms. The summed E-state index contributed by atoms with van der Waals surface area (Å²) < 4.78 is 6.61. The SMILES string of the molecule is O=C(O)CN(C(=O)c1ccccc1)C(Cc1ccccc1)C1OC(c2ccccc2Cl)c2cc(Cl)ccc2NC1=O. The fraction of sp³-hybridized carbons (Fsp3) is 0.156. The first-order valence-electron chi connectivity index (χ1n) is 12.9. The number of hydrogen-bond acceptors (Lipinski definition) is 4. The molecule has 0 aromatic heterocycles. The van der Waals surface area contributed by atoms with Crippen molar-refractivity contribution in [2.75, 3.05) is 11.9 Å². The summed E-state index contributed by atoms with van der Waals surface area (Å²) in [6.45, 7) is -0.645. The number of hydrogen-bond donors (Lipinski definition) is 2. The van der Waals surface area contributed by atoms with Crippen LogP contribution in [0.15, 0.2) is 103 Å². The van der Waals surface area contributed by atoms with Crippen LogP contribution >= 0.6 is 23.2 Å². The van der Waals surface area contributed by atoms with Crippen molar-refractivity contribution in [2.45, 2.75) is 24.7 Å². The lowest BCUT2D eigenvalue weighted by molar-refractivity contribution is -0.142. The van der Waals surface area contributed by atoms with Crippen molar-refractivity contribution in [3.63, 3.8) is 0 Å². The fourth-order valence-corrected chi connectivity index (χ4v) is 5.43. The van der Waals surface area contributed by atoms with Crippen LogP contribution in [0, 0.1) is 0 Å². The van der Waals surface area contributed by atoms with Gasteiger partial charge in [-0.25, -0.2) is 0 Å². The van der Waals surface area contributed by atoms with Gasteiger partial charge in [-0.05, 0) is 48.4 Å². The summed E-state index contributed by atoms with van der Waals surface area (Å²) in [5.74, 6) is -2.29. The molecule has 0 fully saturated rings. The van der Waals surface area contributed by atoms with E-state index in [1.54, 1.807) is 72.8 Å². The van der Waals surface area contributed by atoms with E-state index in [4.69, 9.17) is 27.9 Å². The Kier molecular flexibility index (Phi) is 8.69. The number of anilines is 1. The number of nitrogens with one attached hydrogen (secondary N) is 1. The number of nitrogens with zero attached hydrogens (tertiary/aromatic N) is 1. The molecule has 5 rings (SSSR count). The quantitative estimate of drug-likeness (QED) is 0.253. The van der Waals surface area contributed by atoms with Gasteiger partial charge < -0.3 is 20.1 Å². The van der Waals surface area contributed by atoms with E-state index in [1.165, 1.54) is 4.90 Å². The molecule has 0 aliphatic carbocycles. The van der Waals surface area contributed by atoms with Crippen molar-refractivity contribution >= 4 is 46.7 Å². The number of carboxylic acid groups (broad SMARTS) is 1. The van der Waals surface area contributed by atoms with Crippen LogP contribution in [0.1, 0.15) is 33.2 Å². The Morgan fingerprint density at radius 1 is 0.878 bits per heavy atom. The van der Waals surface area contributed by atoms with Crippen LogP contribution < -0.4 is 5.32 Å². The summed E-state index contributed by atoms with van der Waals surface area (Å²) in [6, 6.07) is 28.7. The number of carboxylic acids is 1. The zero-order valence-corrected chi connectivity index (χ0v) is 23.3. The van der Waals surface area contributed by atoms with E-state index in [0.717, 1.165) is 5.56 Å². The number of halogens is 2. The minimum absolute atomic E-state index is 0.150. The zero-order valence-electron chi connectivity index (χ0n) is 21.7. The average molecular weight is 589 g/mol. The number of rotatable bonds is 8. The number of ether oxygens (including phenoxy) is 1. The third-order valence-corrected chi connectivity index (χ3v) is 7.49. The highest BCUT2D eigenvalue weighted by Gasteiger charge is 2.42. The minimum atomic E-state index is -1.28. The molecule has 208 valence electrons. The van der Waals surface area contributed by atoms with Gasteiger partial charge in [0.05, 0.1) is 6.04 Å². The highest BCUT2D eigenvalue weighted by atomic mass is 35.5. The number of amides is 2. The maximum atomic E-state index is 13.9. The summed E-state index contributed by atoms with van der Waals surface area (Å²) in [4.78, 5) is 41.1. The molecule has 0 spiro atoms. The number of carbonyl (C=O) groups excluding carboxylic acids is 2. The van der Waals surface area contributed by atoms with E-state index in [1.807, 2.05) is 30.3 Å². The van der Waals surface area contributed by atoms with Crippen molar-refractivity contribution < 1.29 is 24.2 Å². The second-order valence-corrected chi connectivity index (χ2v) is 10.5. The summed E-state index contributed by atoms with van der Waals surface area (Å²) in [7, 11) is 0. The van der Waals surface area contributed by atoms with Crippen LogP contribution in [0.5, 0.6) is 0 Å². The first-order valence-corrected chi connectivity index (χ1v) is 13.7. The summed E-state index contributed by atoms with van der Waals surface area (Å²) in [5, 5.41) is 13.7. The van der Waals surface area contributed by atoms with Crippen LogP contribution in [0.4, 0.5) is 5.69 Å². The lowest BCUT2D eigenvalue weighted by Crippen LogP contribution is -2.54. The highest BCUT2D eigenvalue weighted by Crippen LogP contribution is 2.40. The summed E-state index contributed by atoms with van der Waals surface area (Å²) in [5.41, 5.74) is 2.74. The van der Waals surface area contributed by atoms with Gasteiger partial charge in [0.15, 0.2) is 6.10 Å². The Bertz CT molecular complexity index is 1570. The largest absolute Gasteiger partial charge is 0.480 e. The molecule has 0 radical (unpaired) electrons. The molecule has 0 saturated carbocycles. The Morgan fingerprint density at radius 3 is 2.22 bits per heavy atom. The van der Waals surface area contributed by atoms with E-state index in [-0.39, 0.29) is 6.42 Å². The van der Waals surface area contributed by atoms with Crippen molar-refractivity contribution in [3.8, 4) is 0 Å². The molecule has 1 aliphatic rings. The second-order valence-electron chi connectivity index (χ2n) is 9.63. The highest BCUT2D eigenvalue weighted by molar-refractivity contribution is 6.31. The molecule has 3 unspecified atom stereocenters. The van der Waals surface area contributed by atoms with Crippen molar-refractivity contribution in [2.24, 2.45) is 0 Å². The molecule has 3 atom stereocenters. The third kappa shape index (κ3) is 6.43. The lowest BCUT2D eigenvalue weighted by Gasteiger charge is -2.36. The molecule has 4 aromatic carbocycles. The predicted molar refractivity (Wildman–Crippen MR) is 157 cm³/mol. The van der Waals surface area contributed by atoms with Crippen molar-refractivity contribution in [1.82, 2.24) is 4.90 Å². The van der Waals surface area contributed by atoms with Gasteiger partial charge in [-0.15, -0.1) is 0 Å². The van der Waals surface area contributed by atoms with Crippen LogP contribution in [-0.2, 0) is 20.7 Å². The number of benzene rings is 4. The van der Waals surface area contributed by atoms with E-state index >= 15 is 0 Å². The van der Waals surface area contributed by atoms with Gasteiger partial charge in [0.1, 0.15) is 12.6 Å². The summed E-state index contributed by atoms with van der Waals surface area (Å²) >= 11 is 13.0. The van der Waals surface area contributed by atoms with Crippen LogP contribution in [0.3, 0.4) is 0 Å². The van der Waals surface area contributed by atoms with Gasteiger partial charge in [-0.2, -0.15) is 0 Å². The van der Waals surface area contributed by atoms with E-state index in [9.17, 15) is 19.5 Å². The second kappa shape index (κ2) is 12.6. The maximum Gasteiger partial charge on any atom is 0.323 e. The molecular formula is C32H26Cl2N2O5. The molecule has 0 saturated heterocycles. The zero-order chi connectivity index (χ0) is 28.9. The third-order valence-electron chi connectivity index (χ3n) is 6.91. The number of fused-ring (bicyclic) bond motifs is 1. The van der Waals surface area contributed by atoms with Crippen molar-refractivity contribution in [3.05, 3.63) is 135 Å². The smallest absolute Gasteiger partial charge is 0.323 e. The van der Waals surface area contributed by atoms with Crippen molar-refractivity contribution in [1.29, 1.82) is 0 Å². The normalized spacial score (nSPS) is 17.1. The predicted octanol–water partition coefficient (Wildman–Crippen LogP) is 6.26. The van der Waals surface area contributed by atoms with E-state index < -0.39 is 42.6 Å². The minimum Gasteiger partial charge on any atom is -0.480 e. The van der Waals surface area contributed by atoms with Gasteiger partial charge in [0.25, 0.3) is 11.8 Å². The van der Waals surface area contributed by atoms with Gasteiger partial charge in [0.2, 0.25) is 0 Å². The molecule has 2 amide bonds. The fourth-order valence-electron chi connectivity index (χ4n) is 5.01. The molecular weight excluding hydrogens is 563 g/mol. The molecule has 0 bridgehead atoms. The van der Waals surface area contributed by atoms with Crippen LogP contribution in [0.2, 0.25) is 10.0 Å². The lowest BCUT2D eigenvalue weighted by atomic mass is 9.97. The van der Waals surface area contributed by atoms with E-state index in [0.29, 0.717) is 32.4 Å². The monoisotopic (exact) mass is 588 g/mol. The molecule has 2 N–H and O–H groups in total. The van der Waals surface area contributed by atoms with Crippen LogP contribution in [0.25, 0.3) is 0 Å². The first-order chi connectivity index (χ1) is 19.8. The van der Waals surface area contributed by atoms with Gasteiger partial charge >= 0.3 is 5.97 Å². The average Bonchev–Trinajstić information content (AvgIpc) is 3.11. The first kappa shape index (κ1) is 28.4. The molecule has 4 aromatic rings. The molecule has 7 nitrogen and oxygen atoms in total. The Labute approximate surface area is 247 Å². The van der Waals surface area contributed by atoms with Crippen LogP contribution in [-0.4, -0.2) is 46.5 Å². The number of aliphatic carboxylic acids is 1. The van der Waals surface area contributed by atoms with Gasteiger partial charge in [-0.1, -0.05) is 89.9 Å². The maximum absolute atomic E-state index is 13.9. The van der Waals surface area contributed by atoms with Gasteiger partial charge in [0, 0.05) is 32.4 Å². The standard InChI is InChI=1S/C32H26Cl2N2O5/c33-22-15-16-26-24(18-22)29(23-13-7-8-14-25(23)34)41-30(31(39)35-26)27(17-20-9-3-1-4-10-20)36(19-28(37)38)32(40)21-11-5-2-6-12-21/h1-16,18,27,29-30H,17,19H2,(H,35,39)(H,37,38). The Hall–Kier alpha value is -4.17. The van der Waals surface area contributed by atoms with Gasteiger partial charge in [-0.3, -0.25) is 14.4 Å². The van der Waals surface area contributed by atoms with E-state index in [2.05, 4.69) is 5.32 Å². The molecule has 1 heterocycles. The molecule has 1 aliphatic heterocycles. The topological polar surface area (TPSA) is 95.9 Å².